The highest BCUT2D eigenvalue weighted by Gasteiger charge is 2.14. The van der Waals surface area contributed by atoms with Gasteiger partial charge in [-0.15, -0.1) is 0 Å². The summed E-state index contributed by atoms with van der Waals surface area (Å²) in [6, 6.07) is 7.26. The van der Waals surface area contributed by atoms with Crippen molar-refractivity contribution in [1.82, 2.24) is 5.32 Å². The van der Waals surface area contributed by atoms with E-state index in [1.165, 1.54) is 0 Å². The average Bonchev–Trinajstić information content (AvgIpc) is 2.94. The number of furan rings is 1. The molecule has 1 N–H and O–H groups in total. The van der Waals surface area contributed by atoms with E-state index in [1.807, 2.05) is 6.07 Å². The summed E-state index contributed by atoms with van der Waals surface area (Å²) in [7, 11) is 0. The fraction of sp³-hybridized carbons (Fsp3) is 0.375. The molecule has 2 aromatic rings. The van der Waals surface area contributed by atoms with Crippen molar-refractivity contribution in [1.29, 1.82) is 0 Å². The molecule has 0 fully saturated rings. The quantitative estimate of drug-likeness (QED) is 0.827. The van der Waals surface area contributed by atoms with Crippen LogP contribution in [0.1, 0.15) is 24.5 Å². The Morgan fingerprint density at radius 1 is 1.30 bits per heavy atom. The number of hydrogen-bond donors (Lipinski definition) is 1. The zero-order valence-electron chi connectivity index (χ0n) is 11.5. The highest BCUT2D eigenvalue weighted by Crippen LogP contribution is 2.20. The molecule has 0 radical (unpaired) electrons. The third-order valence-electron chi connectivity index (χ3n) is 3.24. The molecule has 20 heavy (non-hydrogen) atoms. The minimum Gasteiger partial charge on any atom is -0.472 e. The van der Waals surface area contributed by atoms with Gasteiger partial charge >= 0.3 is 0 Å². The molecular weight excluding hydrogens is 277 g/mol. The maximum Gasteiger partial charge on any atom is 0.145 e. The lowest BCUT2D eigenvalue weighted by Crippen LogP contribution is -2.34. The highest BCUT2D eigenvalue weighted by molar-refractivity contribution is 6.30. The number of halogens is 2. The van der Waals surface area contributed by atoms with Crippen molar-refractivity contribution in [3.8, 4) is 0 Å². The van der Waals surface area contributed by atoms with E-state index in [-0.39, 0.29) is 16.9 Å². The zero-order chi connectivity index (χ0) is 14.4. The Bertz CT molecular complexity index is 527. The minimum absolute atomic E-state index is 0.167. The normalized spacial score (nSPS) is 12.6. The Kier molecular flexibility index (Phi) is 5.62. The van der Waals surface area contributed by atoms with E-state index >= 15 is 0 Å². The molecule has 108 valence electrons. The second-order valence-electron chi connectivity index (χ2n) is 4.90. The second kappa shape index (κ2) is 7.46. The summed E-state index contributed by atoms with van der Waals surface area (Å²) in [5, 5.41) is 3.63. The molecule has 1 aromatic carbocycles. The van der Waals surface area contributed by atoms with Crippen molar-refractivity contribution in [2.24, 2.45) is 0 Å². The zero-order valence-corrected chi connectivity index (χ0v) is 12.3. The Hall–Kier alpha value is -1.32. The van der Waals surface area contributed by atoms with Crippen LogP contribution in [0.4, 0.5) is 4.39 Å². The lowest BCUT2D eigenvalue weighted by molar-refractivity contribution is 0.488. The Morgan fingerprint density at radius 2 is 2.15 bits per heavy atom. The van der Waals surface area contributed by atoms with E-state index < -0.39 is 0 Å². The first-order valence-corrected chi connectivity index (χ1v) is 7.25. The van der Waals surface area contributed by atoms with Crippen LogP contribution >= 0.6 is 11.6 Å². The maximum atomic E-state index is 14.0. The third-order valence-corrected chi connectivity index (χ3v) is 3.54. The van der Waals surface area contributed by atoms with Crippen molar-refractivity contribution in [2.75, 3.05) is 6.54 Å². The molecule has 1 aromatic heterocycles. The molecule has 0 saturated heterocycles. The van der Waals surface area contributed by atoms with Crippen molar-refractivity contribution >= 4 is 11.6 Å². The molecule has 0 spiro atoms. The predicted octanol–water partition coefficient (Wildman–Crippen LogP) is 4.23. The van der Waals surface area contributed by atoms with E-state index in [0.717, 1.165) is 24.9 Å². The van der Waals surface area contributed by atoms with Gasteiger partial charge in [-0.1, -0.05) is 30.7 Å². The summed E-state index contributed by atoms with van der Waals surface area (Å²) >= 11 is 5.83. The lowest BCUT2D eigenvalue weighted by atomic mass is 10.00. The lowest BCUT2D eigenvalue weighted by Gasteiger charge is -2.18. The molecular formula is C16H19ClFNO. The molecule has 2 nitrogen and oxygen atoms in total. The van der Waals surface area contributed by atoms with Gasteiger partial charge in [0.05, 0.1) is 17.5 Å². The van der Waals surface area contributed by atoms with Gasteiger partial charge in [0.25, 0.3) is 0 Å². The number of hydrogen-bond acceptors (Lipinski definition) is 2. The molecule has 1 heterocycles. The Labute approximate surface area is 123 Å². The summed E-state index contributed by atoms with van der Waals surface area (Å²) in [6.07, 6.45) is 5.85. The van der Waals surface area contributed by atoms with Crippen LogP contribution in [0.25, 0.3) is 0 Å². The van der Waals surface area contributed by atoms with Gasteiger partial charge in [-0.05, 0) is 49.1 Å². The van der Waals surface area contributed by atoms with Gasteiger partial charge in [-0.2, -0.15) is 0 Å². The van der Waals surface area contributed by atoms with Gasteiger partial charge in [0.1, 0.15) is 5.82 Å². The molecule has 4 heteroatoms. The summed E-state index contributed by atoms with van der Waals surface area (Å²) < 4.78 is 19.1. The largest absolute Gasteiger partial charge is 0.472 e. The average molecular weight is 296 g/mol. The van der Waals surface area contributed by atoms with Crippen molar-refractivity contribution in [3.63, 3.8) is 0 Å². The third kappa shape index (κ3) is 4.09. The molecule has 0 saturated carbocycles. The van der Waals surface area contributed by atoms with E-state index in [1.54, 1.807) is 30.7 Å². The summed E-state index contributed by atoms with van der Waals surface area (Å²) in [5.74, 6) is -0.315. The molecule has 0 aliphatic heterocycles. The van der Waals surface area contributed by atoms with Gasteiger partial charge in [0.15, 0.2) is 0 Å². The smallest absolute Gasteiger partial charge is 0.145 e. The van der Waals surface area contributed by atoms with Crippen LogP contribution in [0.2, 0.25) is 5.02 Å². The first-order valence-electron chi connectivity index (χ1n) is 6.88. The van der Waals surface area contributed by atoms with E-state index in [0.29, 0.717) is 12.0 Å². The molecule has 0 aliphatic rings. The van der Waals surface area contributed by atoms with E-state index in [9.17, 15) is 4.39 Å². The fourth-order valence-electron chi connectivity index (χ4n) is 2.23. The van der Waals surface area contributed by atoms with Crippen LogP contribution < -0.4 is 5.32 Å². The van der Waals surface area contributed by atoms with Crippen LogP contribution in [0, 0.1) is 5.82 Å². The van der Waals surface area contributed by atoms with Crippen LogP contribution in [-0.2, 0) is 12.8 Å². The Morgan fingerprint density at radius 3 is 2.85 bits per heavy atom. The van der Waals surface area contributed by atoms with Gasteiger partial charge in [0.2, 0.25) is 0 Å². The predicted molar refractivity (Wildman–Crippen MR) is 79.6 cm³/mol. The van der Waals surface area contributed by atoms with Gasteiger partial charge < -0.3 is 9.73 Å². The molecule has 0 amide bonds. The Balaban J connectivity index is 2.08. The SMILES string of the molecule is CCCNC(Cc1ccoc1)Cc1cccc(Cl)c1F. The van der Waals surface area contributed by atoms with Crippen molar-refractivity contribution in [3.05, 3.63) is 58.8 Å². The number of nitrogens with one attached hydrogen (secondary N) is 1. The van der Waals surface area contributed by atoms with Crippen LogP contribution in [0.5, 0.6) is 0 Å². The van der Waals surface area contributed by atoms with Crippen molar-refractivity contribution in [2.45, 2.75) is 32.2 Å². The number of benzene rings is 1. The summed E-state index contributed by atoms with van der Waals surface area (Å²) in [5.41, 5.74) is 1.76. The van der Waals surface area contributed by atoms with Crippen molar-refractivity contribution < 1.29 is 8.81 Å². The summed E-state index contributed by atoms with van der Waals surface area (Å²) in [6.45, 7) is 3.02. The molecule has 0 bridgehead atoms. The van der Waals surface area contributed by atoms with E-state index in [4.69, 9.17) is 16.0 Å². The first-order chi connectivity index (χ1) is 9.70. The van der Waals surface area contributed by atoms with Crippen LogP contribution in [0.15, 0.2) is 41.2 Å². The monoisotopic (exact) mass is 295 g/mol. The fourth-order valence-corrected chi connectivity index (χ4v) is 2.42. The van der Waals surface area contributed by atoms with E-state index in [2.05, 4.69) is 12.2 Å². The molecule has 0 aliphatic carbocycles. The second-order valence-corrected chi connectivity index (χ2v) is 5.31. The minimum atomic E-state index is -0.315. The topological polar surface area (TPSA) is 25.2 Å². The molecule has 2 rings (SSSR count). The summed E-state index contributed by atoms with van der Waals surface area (Å²) in [4.78, 5) is 0. The van der Waals surface area contributed by atoms with Gasteiger partial charge in [0, 0.05) is 6.04 Å². The van der Waals surface area contributed by atoms with Crippen LogP contribution in [-0.4, -0.2) is 12.6 Å². The number of rotatable bonds is 7. The molecule has 1 atom stereocenters. The first kappa shape index (κ1) is 15.1. The van der Waals surface area contributed by atoms with Crippen LogP contribution in [0.3, 0.4) is 0 Å². The molecule has 1 unspecified atom stereocenters. The standard InChI is InChI=1S/C16H19ClFNO/c1-2-7-19-14(9-12-6-8-20-11-12)10-13-4-3-5-15(17)16(13)18/h3-6,8,11,14,19H,2,7,9-10H2,1H3. The highest BCUT2D eigenvalue weighted by atomic mass is 35.5. The maximum absolute atomic E-state index is 14.0. The van der Waals surface area contributed by atoms with Gasteiger partial charge in [-0.3, -0.25) is 0 Å². The van der Waals surface area contributed by atoms with Gasteiger partial charge in [-0.25, -0.2) is 4.39 Å².